The molecule has 1 N–H and O–H groups in total. The van der Waals surface area contributed by atoms with Crippen LogP contribution in [-0.2, 0) is 13.6 Å². The van der Waals surface area contributed by atoms with Gasteiger partial charge in [-0.15, -0.1) is 0 Å². The maximum absolute atomic E-state index is 11.3. The van der Waals surface area contributed by atoms with Crippen molar-refractivity contribution in [2.24, 2.45) is 7.05 Å². The lowest BCUT2D eigenvalue weighted by Gasteiger charge is -2.00. The van der Waals surface area contributed by atoms with E-state index in [9.17, 15) is 4.79 Å². The van der Waals surface area contributed by atoms with Gasteiger partial charge in [0.25, 0.3) is 0 Å². The van der Waals surface area contributed by atoms with Crippen molar-refractivity contribution >= 4 is 0 Å². The topological polar surface area (TPSA) is 51.9 Å². The van der Waals surface area contributed by atoms with E-state index in [1.54, 1.807) is 13.4 Å². The molecule has 2 rings (SSSR count). The average Bonchev–Trinajstić information content (AvgIpc) is 2.88. The third kappa shape index (κ3) is 1.98. The Morgan fingerprint density at radius 1 is 1.69 bits per heavy atom. The Hall–Kier alpha value is -1.10. The summed E-state index contributed by atoms with van der Waals surface area (Å²) in [6, 6.07) is 0.694. The number of hydrogen-bond donors (Lipinski definition) is 1. The lowest BCUT2D eigenvalue weighted by Crippen LogP contribution is -2.29. The molecular weight excluding hydrogens is 168 g/mol. The quantitative estimate of drug-likeness (QED) is 0.672. The first-order chi connectivity index (χ1) is 6.27. The highest BCUT2D eigenvalue weighted by Crippen LogP contribution is 2.17. The SMILES string of the molecule is Cn1cnn(CCNC2CC2)c1=O. The lowest BCUT2D eigenvalue weighted by atomic mass is 10.6. The largest absolute Gasteiger partial charge is 0.345 e. The van der Waals surface area contributed by atoms with Crippen molar-refractivity contribution in [1.82, 2.24) is 19.7 Å². The molecule has 1 aliphatic rings. The highest BCUT2D eigenvalue weighted by molar-refractivity contribution is 4.80. The zero-order valence-corrected chi connectivity index (χ0v) is 7.73. The van der Waals surface area contributed by atoms with Crippen molar-refractivity contribution in [1.29, 1.82) is 0 Å². The number of hydrogen-bond acceptors (Lipinski definition) is 3. The fourth-order valence-corrected chi connectivity index (χ4v) is 1.24. The van der Waals surface area contributed by atoms with E-state index >= 15 is 0 Å². The maximum Gasteiger partial charge on any atom is 0.345 e. The van der Waals surface area contributed by atoms with Crippen molar-refractivity contribution in [3.63, 3.8) is 0 Å². The average molecular weight is 182 g/mol. The summed E-state index contributed by atoms with van der Waals surface area (Å²) in [7, 11) is 1.71. The fraction of sp³-hybridized carbons (Fsp3) is 0.750. The van der Waals surface area contributed by atoms with Crippen LogP contribution in [0.1, 0.15) is 12.8 Å². The molecule has 1 aliphatic carbocycles. The minimum atomic E-state index is -0.0439. The van der Waals surface area contributed by atoms with Crippen molar-refractivity contribution in [3.8, 4) is 0 Å². The van der Waals surface area contributed by atoms with Gasteiger partial charge in [0.05, 0.1) is 6.54 Å². The molecular formula is C8H14N4O. The number of aromatic nitrogens is 3. The van der Waals surface area contributed by atoms with Crippen LogP contribution < -0.4 is 11.0 Å². The van der Waals surface area contributed by atoms with E-state index in [2.05, 4.69) is 10.4 Å². The zero-order chi connectivity index (χ0) is 9.26. The van der Waals surface area contributed by atoms with Crippen LogP contribution in [0.5, 0.6) is 0 Å². The minimum Gasteiger partial charge on any atom is -0.312 e. The third-order valence-corrected chi connectivity index (χ3v) is 2.22. The summed E-state index contributed by atoms with van der Waals surface area (Å²) in [5.41, 5.74) is -0.0439. The van der Waals surface area contributed by atoms with Crippen LogP contribution in [0.15, 0.2) is 11.1 Å². The molecule has 5 heteroatoms. The predicted octanol–water partition coefficient (Wildman–Crippen LogP) is -0.666. The van der Waals surface area contributed by atoms with Crippen LogP contribution in [0.3, 0.4) is 0 Å². The third-order valence-electron chi connectivity index (χ3n) is 2.22. The summed E-state index contributed by atoms with van der Waals surface area (Å²) >= 11 is 0. The molecule has 0 unspecified atom stereocenters. The van der Waals surface area contributed by atoms with Crippen molar-refractivity contribution in [3.05, 3.63) is 16.8 Å². The van der Waals surface area contributed by atoms with Gasteiger partial charge in [0.1, 0.15) is 6.33 Å². The van der Waals surface area contributed by atoms with Gasteiger partial charge >= 0.3 is 5.69 Å². The standard InChI is InChI=1S/C8H14N4O/c1-11-6-10-12(8(11)13)5-4-9-7-2-3-7/h6-7,9H,2-5H2,1H3. The zero-order valence-electron chi connectivity index (χ0n) is 7.73. The number of nitrogens with one attached hydrogen (secondary N) is 1. The molecule has 0 atom stereocenters. The summed E-state index contributed by atoms with van der Waals surface area (Å²) in [5, 5.41) is 7.29. The summed E-state index contributed by atoms with van der Waals surface area (Å²) in [6.07, 6.45) is 4.09. The summed E-state index contributed by atoms with van der Waals surface area (Å²) < 4.78 is 2.96. The molecule has 0 radical (unpaired) electrons. The highest BCUT2D eigenvalue weighted by atomic mass is 16.2. The second kappa shape index (κ2) is 3.33. The Morgan fingerprint density at radius 2 is 2.46 bits per heavy atom. The minimum absolute atomic E-state index is 0.0439. The summed E-state index contributed by atoms with van der Waals surface area (Å²) in [5.74, 6) is 0. The van der Waals surface area contributed by atoms with Crippen LogP contribution in [0.4, 0.5) is 0 Å². The Bertz CT molecular complexity index is 336. The Labute approximate surface area is 76.4 Å². The summed E-state index contributed by atoms with van der Waals surface area (Å²) in [4.78, 5) is 11.3. The van der Waals surface area contributed by atoms with Gasteiger partial charge in [-0.25, -0.2) is 9.48 Å². The van der Waals surface area contributed by atoms with E-state index in [0.29, 0.717) is 12.6 Å². The molecule has 1 aromatic heterocycles. The molecule has 1 heterocycles. The Morgan fingerprint density at radius 3 is 3.00 bits per heavy atom. The number of rotatable bonds is 4. The first-order valence-electron chi connectivity index (χ1n) is 4.59. The second-order valence-corrected chi connectivity index (χ2v) is 3.48. The molecule has 0 spiro atoms. The van der Waals surface area contributed by atoms with Gasteiger partial charge in [0.2, 0.25) is 0 Å². The molecule has 13 heavy (non-hydrogen) atoms. The van der Waals surface area contributed by atoms with Crippen LogP contribution in [0, 0.1) is 0 Å². The van der Waals surface area contributed by atoms with Crippen molar-refractivity contribution < 1.29 is 0 Å². The van der Waals surface area contributed by atoms with Gasteiger partial charge in [0.15, 0.2) is 0 Å². The predicted molar refractivity (Wildman–Crippen MR) is 48.5 cm³/mol. The van der Waals surface area contributed by atoms with E-state index < -0.39 is 0 Å². The number of aryl methyl sites for hydroxylation is 1. The molecule has 0 saturated heterocycles. The van der Waals surface area contributed by atoms with Gasteiger partial charge in [-0.3, -0.25) is 4.57 Å². The molecule has 1 aromatic rings. The normalized spacial score (nSPS) is 16.4. The van der Waals surface area contributed by atoms with Gasteiger partial charge in [-0.1, -0.05) is 0 Å². The van der Waals surface area contributed by atoms with E-state index in [0.717, 1.165) is 6.54 Å². The molecule has 0 bridgehead atoms. The molecule has 1 saturated carbocycles. The highest BCUT2D eigenvalue weighted by Gasteiger charge is 2.19. The van der Waals surface area contributed by atoms with Gasteiger partial charge in [-0.2, -0.15) is 5.10 Å². The van der Waals surface area contributed by atoms with Crippen LogP contribution >= 0.6 is 0 Å². The molecule has 1 fully saturated rings. The van der Waals surface area contributed by atoms with E-state index in [-0.39, 0.29) is 5.69 Å². The maximum atomic E-state index is 11.3. The van der Waals surface area contributed by atoms with Crippen LogP contribution in [0.2, 0.25) is 0 Å². The lowest BCUT2D eigenvalue weighted by molar-refractivity contribution is 0.535. The van der Waals surface area contributed by atoms with Gasteiger partial charge < -0.3 is 5.32 Å². The van der Waals surface area contributed by atoms with E-state index in [1.165, 1.54) is 22.1 Å². The molecule has 0 aliphatic heterocycles. The summed E-state index contributed by atoms with van der Waals surface area (Å²) in [6.45, 7) is 1.50. The second-order valence-electron chi connectivity index (χ2n) is 3.48. The number of nitrogens with zero attached hydrogens (tertiary/aromatic N) is 3. The smallest absolute Gasteiger partial charge is 0.312 e. The molecule has 0 amide bonds. The monoisotopic (exact) mass is 182 g/mol. The Kier molecular flexibility index (Phi) is 2.18. The first-order valence-corrected chi connectivity index (χ1v) is 4.59. The first kappa shape index (κ1) is 8.50. The molecule has 5 nitrogen and oxygen atoms in total. The van der Waals surface area contributed by atoms with Crippen LogP contribution in [0.25, 0.3) is 0 Å². The van der Waals surface area contributed by atoms with Crippen molar-refractivity contribution in [2.45, 2.75) is 25.4 Å². The fourth-order valence-electron chi connectivity index (χ4n) is 1.24. The van der Waals surface area contributed by atoms with Crippen LogP contribution in [-0.4, -0.2) is 26.9 Å². The Balaban J connectivity index is 1.86. The van der Waals surface area contributed by atoms with Gasteiger partial charge in [-0.05, 0) is 12.8 Å². The van der Waals surface area contributed by atoms with Crippen molar-refractivity contribution in [2.75, 3.05) is 6.54 Å². The molecule has 0 aromatic carbocycles. The van der Waals surface area contributed by atoms with E-state index in [4.69, 9.17) is 0 Å². The van der Waals surface area contributed by atoms with E-state index in [1.807, 2.05) is 0 Å². The molecule has 72 valence electrons. The van der Waals surface area contributed by atoms with Gasteiger partial charge in [0, 0.05) is 19.6 Å².